The molecule has 1 N–H and O–H groups in total. The highest BCUT2D eigenvalue weighted by molar-refractivity contribution is 5.36. The Kier molecular flexibility index (Phi) is 3.05. The second-order valence-electron chi connectivity index (χ2n) is 3.40. The highest BCUT2D eigenvalue weighted by atomic mass is 16.5. The summed E-state index contributed by atoms with van der Waals surface area (Å²) in [5.74, 6) is 1.69. The minimum atomic E-state index is 0.231. The molecule has 2 aromatic rings. The molecular formula is C13H13NO2. The number of phenolic OH excluding ortho intramolecular Hbond substituents is 1. The van der Waals surface area contributed by atoms with E-state index >= 15 is 0 Å². The zero-order valence-electron chi connectivity index (χ0n) is 9.05. The van der Waals surface area contributed by atoms with Gasteiger partial charge in [0, 0.05) is 6.20 Å². The van der Waals surface area contributed by atoms with Crippen molar-refractivity contribution in [2.24, 2.45) is 0 Å². The number of benzene rings is 1. The summed E-state index contributed by atoms with van der Waals surface area (Å²) >= 11 is 0. The molecule has 0 aliphatic heterocycles. The summed E-state index contributed by atoms with van der Waals surface area (Å²) in [6, 6.07) is 10.4. The summed E-state index contributed by atoms with van der Waals surface area (Å²) in [7, 11) is 0. The monoisotopic (exact) mass is 215 g/mol. The number of ether oxygens (including phenoxy) is 1. The fourth-order valence-corrected chi connectivity index (χ4v) is 1.42. The summed E-state index contributed by atoms with van der Waals surface area (Å²) in [6.07, 6.45) is 2.58. The summed E-state index contributed by atoms with van der Waals surface area (Å²) in [6.45, 7) is 2.03. The van der Waals surface area contributed by atoms with E-state index in [0.29, 0.717) is 5.75 Å². The van der Waals surface area contributed by atoms with Gasteiger partial charge >= 0.3 is 0 Å². The van der Waals surface area contributed by atoms with Crippen LogP contribution in [0.15, 0.2) is 42.6 Å². The Morgan fingerprint density at radius 2 is 1.94 bits per heavy atom. The van der Waals surface area contributed by atoms with Crippen molar-refractivity contribution in [1.82, 2.24) is 4.98 Å². The molecule has 16 heavy (non-hydrogen) atoms. The maximum absolute atomic E-state index is 9.16. The van der Waals surface area contributed by atoms with E-state index in [2.05, 4.69) is 4.98 Å². The van der Waals surface area contributed by atoms with Gasteiger partial charge in [-0.05, 0) is 42.8 Å². The second-order valence-corrected chi connectivity index (χ2v) is 3.40. The lowest BCUT2D eigenvalue weighted by Crippen LogP contribution is -1.92. The SMILES string of the molecule is CCc1ncccc1Oc1ccc(O)cc1. The smallest absolute Gasteiger partial charge is 0.148 e. The Balaban J connectivity index is 2.23. The van der Waals surface area contributed by atoms with Crippen LogP contribution in [0.25, 0.3) is 0 Å². The Morgan fingerprint density at radius 1 is 1.19 bits per heavy atom. The number of aromatic nitrogens is 1. The molecule has 3 nitrogen and oxygen atoms in total. The molecule has 1 aromatic carbocycles. The van der Waals surface area contributed by atoms with Gasteiger partial charge in [0.15, 0.2) is 0 Å². The lowest BCUT2D eigenvalue weighted by molar-refractivity contribution is 0.460. The highest BCUT2D eigenvalue weighted by Crippen LogP contribution is 2.25. The quantitative estimate of drug-likeness (QED) is 0.855. The molecule has 0 saturated heterocycles. The number of aryl methyl sites for hydroxylation is 1. The van der Waals surface area contributed by atoms with Gasteiger partial charge in [-0.3, -0.25) is 4.98 Å². The Morgan fingerprint density at radius 3 is 2.62 bits per heavy atom. The molecular weight excluding hydrogens is 202 g/mol. The maximum Gasteiger partial charge on any atom is 0.148 e. The lowest BCUT2D eigenvalue weighted by Gasteiger charge is -2.08. The first-order valence-electron chi connectivity index (χ1n) is 5.20. The molecule has 3 heteroatoms. The lowest BCUT2D eigenvalue weighted by atomic mass is 10.2. The summed E-state index contributed by atoms with van der Waals surface area (Å²) in [5.41, 5.74) is 0.926. The van der Waals surface area contributed by atoms with Crippen LogP contribution in [-0.2, 0) is 6.42 Å². The van der Waals surface area contributed by atoms with Gasteiger partial charge in [0.2, 0.25) is 0 Å². The third kappa shape index (κ3) is 2.31. The first kappa shape index (κ1) is 10.5. The molecule has 0 fully saturated rings. The topological polar surface area (TPSA) is 42.4 Å². The standard InChI is InChI=1S/C13H13NO2/c1-2-12-13(4-3-9-14-12)16-11-7-5-10(15)6-8-11/h3-9,15H,2H2,1H3. The third-order valence-corrected chi connectivity index (χ3v) is 2.25. The minimum absolute atomic E-state index is 0.231. The molecule has 0 aliphatic rings. The van der Waals surface area contributed by atoms with Crippen LogP contribution in [0, 0.1) is 0 Å². The minimum Gasteiger partial charge on any atom is -0.508 e. The molecule has 0 unspecified atom stereocenters. The molecule has 1 heterocycles. The van der Waals surface area contributed by atoms with Gasteiger partial charge in [0.05, 0.1) is 5.69 Å². The first-order chi connectivity index (χ1) is 7.79. The van der Waals surface area contributed by atoms with Crippen LogP contribution < -0.4 is 4.74 Å². The molecule has 0 spiro atoms. The zero-order chi connectivity index (χ0) is 11.4. The van der Waals surface area contributed by atoms with Crippen LogP contribution in [0.5, 0.6) is 17.2 Å². The van der Waals surface area contributed by atoms with Gasteiger partial charge in [-0.1, -0.05) is 6.92 Å². The van der Waals surface area contributed by atoms with Crippen molar-refractivity contribution >= 4 is 0 Å². The van der Waals surface area contributed by atoms with E-state index in [-0.39, 0.29) is 5.75 Å². The molecule has 2 rings (SSSR count). The van der Waals surface area contributed by atoms with Crippen LogP contribution in [0.1, 0.15) is 12.6 Å². The number of nitrogens with zero attached hydrogens (tertiary/aromatic N) is 1. The average molecular weight is 215 g/mol. The van der Waals surface area contributed by atoms with Crippen LogP contribution in [0.4, 0.5) is 0 Å². The Labute approximate surface area is 94.3 Å². The van der Waals surface area contributed by atoms with E-state index < -0.39 is 0 Å². The van der Waals surface area contributed by atoms with Gasteiger partial charge < -0.3 is 9.84 Å². The predicted molar refractivity (Wildman–Crippen MR) is 61.8 cm³/mol. The number of hydrogen-bond acceptors (Lipinski definition) is 3. The van der Waals surface area contributed by atoms with E-state index in [4.69, 9.17) is 9.84 Å². The van der Waals surface area contributed by atoms with Gasteiger partial charge in [-0.25, -0.2) is 0 Å². The Bertz CT molecular complexity index is 466. The molecule has 0 atom stereocenters. The van der Waals surface area contributed by atoms with Gasteiger partial charge in [0.1, 0.15) is 17.2 Å². The van der Waals surface area contributed by atoms with Crippen molar-refractivity contribution in [2.75, 3.05) is 0 Å². The zero-order valence-corrected chi connectivity index (χ0v) is 9.05. The van der Waals surface area contributed by atoms with Gasteiger partial charge in [-0.15, -0.1) is 0 Å². The second kappa shape index (κ2) is 4.66. The van der Waals surface area contributed by atoms with Crippen molar-refractivity contribution in [2.45, 2.75) is 13.3 Å². The van der Waals surface area contributed by atoms with Crippen LogP contribution in [-0.4, -0.2) is 10.1 Å². The van der Waals surface area contributed by atoms with Crippen molar-refractivity contribution < 1.29 is 9.84 Å². The number of phenols is 1. The number of rotatable bonds is 3. The fraction of sp³-hybridized carbons (Fsp3) is 0.154. The summed E-state index contributed by atoms with van der Waals surface area (Å²) < 4.78 is 5.68. The largest absolute Gasteiger partial charge is 0.508 e. The van der Waals surface area contributed by atoms with E-state index in [1.165, 1.54) is 0 Å². The summed E-state index contributed by atoms with van der Waals surface area (Å²) in [5, 5.41) is 9.16. The maximum atomic E-state index is 9.16. The van der Waals surface area contributed by atoms with Crippen LogP contribution >= 0.6 is 0 Å². The van der Waals surface area contributed by atoms with Crippen LogP contribution in [0.2, 0.25) is 0 Å². The molecule has 0 aliphatic carbocycles. The van der Waals surface area contributed by atoms with E-state index in [1.807, 2.05) is 19.1 Å². The number of pyridine rings is 1. The van der Waals surface area contributed by atoms with E-state index in [9.17, 15) is 0 Å². The van der Waals surface area contributed by atoms with Crippen molar-refractivity contribution in [3.63, 3.8) is 0 Å². The van der Waals surface area contributed by atoms with Gasteiger partial charge in [-0.2, -0.15) is 0 Å². The normalized spacial score (nSPS) is 10.1. The first-order valence-corrected chi connectivity index (χ1v) is 5.20. The molecule has 0 radical (unpaired) electrons. The number of hydrogen-bond donors (Lipinski definition) is 1. The molecule has 0 amide bonds. The van der Waals surface area contributed by atoms with Crippen molar-refractivity contribution in [3.05, 3.63) is 48.3 Å². The van der Waals surface area contributed by atoms with E-state index in [0.717, 1.165) is 17.9 Å². The highest BCUT2D eigenvalue weighted by Gasteiger charge is 2.03. The number of aromatic hydroxyl groups is 1. The predicted octanol–water partition coefficient (Wildman–Crippen LogP) is 3.14. The van der Waals surface area contributed by atoms with Crippen LogP contribution in [0.3, 0.4) is 0 Å². The average Bonchev–Trinajstić information content (AvgIpc) is 2.33. The fourth-order valence-electron chi connectivity index (χ4n) is 1.42. The molecule has 0 saturated carbocycles. The molecule has 0 bridgehead atoms. The molecule has 1 aromatic heterocycles. The van der Waals surface area contributed by atoms with Crippen molar-refractivity contribution in [3.8, 4) is 17.2 Å². The summed E-state index contributed by atoms with van der Waals surface area (Å²) in [4.78, 5) is 4.24. The Hall–Kier alpha value is -2.03. The molecule has 82 valence electrons. The van der Waals surface area contributed by atoms with E-state index in [1.54, 1.807) is 30.5 Å². The third-order valence-electron chi connectivity index (χ3n) is 2.25. The van der Waals surface area contributed by atoms with Crippen molar-refractivity contribution in [1.29, 1.82) is 0 Å². The van der Waals surface area contributed by atoms with Gasteiger partial charge in [0.25, 0.3) is 0 Å².